The zero-order chi connectivity index (χ0) is 31.6. The van der Waals surface area contributed by atoms with Gasteiger partial charge in [0.15, 0.2) is 0 Å². The van der Waals surface area contributed by atoms with Gasteiger partial charge in [-0.1, -0.05) is 37.8 Å². The average Bonchev–Trinajstić information content (AvgIpc) is 3.04. The third-order valence-corrected chi connectivity index (χ3v) is 6.92. The van der Waals surface area contributed by atoms with Crippen molar-refractivity contribution in [2.75, 3.05) is 36.9 Å². The number of anilines is 2. The Morgan fingerprint density at radius 1 is 0.455 bits per heavy atom. The van der Waals surface area contributed by atoms with E-state index in [1.165, 1.54) is 0 Å². The standard InChI is InChI=1S/C34H42N4O6/c39-21-7-3-1-5-19-35-31(41)27-11-9-13-29(23-27)37-33(43)25-15-17-26(18-16-25)34(44)38-30-14-10-12-28(24-30)32(42)36-20-6-2-4-8-22-40/h9-18,23-24,39-40H,1-8,19-22H2,(H,35,41)(H,36,42)(H,37,43)(H,38,44). The van der Waals surface area contributed by atoms with Gasteiger partial charge in [0, 0.05) is 59.9 Å². The molecule has 0 saturated heterocycles. The first-order chi connectivity index (χ1) is 21.4. The first-order valence-corrected chi connectivity index (χ1v) is 15.1. The van der Waals surface area contributed by atoms with Gasteiger partial charge in [-0.3, -0.25) is 19.2 Å². The molecule has 44 heavy (non-hydrogen) atoms. The molecule has 10 nitrogen and oxygen atoms in total. The molecular weight excluding hydrogens is 560 g/mol. The molecule has 3 rings (SSSR count). The molecule has 3 aromatic rings. The largest absolute Gasteiger partial charge is 0.396 e. The number of carbonyl (C=O) groups excluding carboxylic acids is 4. The molecular formula is C34H42N4O6. The summed E-state index contributed by atoms with van der Waals surface area (Å²) < 4.78 is 0. The summed E-state index contributed by atoms with van der Waals surface area (Å²) >= 11 is 0. The van der Waals surface area contributed by atoms with Crippen LogP contribution in [0.5, 0.6) is 0 Å². The first kappa shape index (κ1) is 34.0. The van der Waals surface area contributed by atoms with Gasteiger partial charge in [-0.15, -0.1) is 0 Å². The lowest BCUT2D eigenvalue weighted by molar-refractivity contribution is 0.0944. The summed E-state index contributed by atoms with van der Waals surface area (Å²) in [6.45, 7) is 1.43. The molecule has 0 aliphatic carbocycles. The fraction of sp³-hybridized carbons (Fsp3) is 0.353. The Morgan fingerprint density at radius 2 is 0.841 bits per heavy atom. The Bertz CT molecular complexity index is 1270. The van der Waals surface area contributed by atoms with Gasteiger partial charge in [-0.25, -0.2) is 0 Å². The Labute approximate surface area is 258 Å². The highest BCUT2D eigenvalue weighted by molar-refractivity contribution is 6.08. The zero-order valence-electron chi connectivity index (χ0n) is 24.9. The molecule has 3 aromatic carbocycles. The van der Waals surface area contributed by atoms with Gasteiger partial charge in [0.25, 0.3) is 23.6 Å². The SMILES string of the molecule is O=C(NCCCCCCO)c1cccc(NC(=O)c2ccc(C(=O)Nc3cccc(C(=O)NCCCCCCO)c3)cc2)c1. The van der Waals surface area contributed by atoms with E-state index in [-0.39, 0.29) is 36.8 Å². The number of aliphatic hydroxyl groups excluding tert-OH is 2. The van der Waals surface area contributed by atoms with Crippen molar-refractivity contribution in [2.24, 2.45) is 0 Å². The number of nitrogens with one attached hydrogen (secondary N) is 4. The van der Waals surface area contributed by atoms with Gasteiger partial charge < -0.3 is 31.5 Å². The minimum absolute atomic E-state index is 0.177. The van der Waals surface area contributed by atoms with Crippen molar-refractivity contribution in [3.8, 4) is 0 Å². The van der Waals surface area contributed by atoms with Gasteiger partial charge in [0.05, 0.1) is 0 Å². The van der Waals surface area contributed by atoms with Crippen molar-refractivity contribution in [1.29, 1.82) is 0 Å². The van der Waals surface area contributed by atoms with Gasteiger partial charge in [-0.2, -0.15) is 0 Å². The number of unbranched alkanes of at least 4 members (excludes halogenated alkanes) is 6. The van der Waals surface area contributed by atoms with E-state index in [2.05, 4.69) is 21.3 Å². The van der Waals surface area contributed by atoms with Crippen LogP contribution in [0.4, 0.5) is 11.4 Å². The van der Waals surface area contributed by atoms with E-state index in [0.717, 1.165) is 51.4 Å². The van der Waals surface area contributed by atoms with Crippen molar-refractivity contribution < 1.29 is 29.4 Å². The predicted octanol–water partition coefficient (Wildman–Crippen LogP) is 4.76. The van der Waals surface area contributed by atoms with Gasteiger partial charge in [-0.05, 0) is 86.3 Å². The van der Waals surface area contributed by atoms with E-state index in [0.29, 0.717) is 46.7 Å². The quantitative estimate of drug-likeness (QED) is 0.115. The van der Waals surface area contributed by atoms with Crippen LogP contribution in [0, 0.1) is 0 Å². The fourth-order valence-corrected chi connectivity index (χ4v) is 4.44. The second-order valence-electron chi connectivity index (χ2n) is 10.4. The molecule has 0 radical (unpaired) electrons. The molecule has 0 saturated carbocycles. The molecule has 234 valence electrons. The first-order valence-electron chi connectivity index (χ1n) is 15.1. The summed E-state index contributed by atoms with van der Waals surface area (Å²) in [4.78, 5) is 50.6. The lowest BCUT2D eigenvalue weighted by Gasteiger charge is -2.10. The van der Waals surface area contributed by atoms with Crippen LogP contribution >= 0.6 is 0 Å². The van der Waals surface area contributed by atoms with Crippen molar-refractivity contribution in [2.45, 2.75) is 51.4 Å². The molecule has 0 spiro atoms. The molecule has 6 N–H and O–H groups in total. The van der Waals surface area contributed by atoms with E-state index in [1.807, 2.05) is 0 Å². The third kappa shape index (κ3) is 11.6. The summed E-state index contributed by atoms with van der Waals surface area (Å²) in [6, 6.07) is 19.5. The molecule has 4 amide bonds. The normalized spacial score (nSPS) is 10.6. The number of hydrogen-bond donors (Lipinski definition) is 6. The maximum Gasteiger partial charge on any atom is 0.255 e. The van der Waals surface area contributed by atoms with E-state index < -0.39 is 0 Å². The van der Waals surface area contributed by atoms with Crippen LogP contribution < -0.4 is 21.3 Å². The van der Waals surface area contributed by atoms with Gasteiger partial charge in [0.2, 0.25) is 0 Å². The van der Waals surface area contributed by atoms with Crippen LogP contribution in [-0.4, -0.2) is 60.1 Å². The highest BCUT2D eigenvalue weighted by Gasteiger charge is 2.13. The highest BCUT2D eigenvalue weighted by atomic mass is 16.3. The second-order valence-corrected chi connectivity index (χ2v) is 10.4. The van der Waals surface area contributed by atoms with Gasteiger partial charge in [0.1, 0.15) is 0 Å². The fourth-order valence-electron chi connectivity index (χ4n) is 4.44. The Hall–Kier alpha value is -4.54. The van der Waals surface area contributed by atoms with Crippen LogP contribution in [0.25, 0.3) is 0 Å². The molecule has 10 heteroatoms. The number of hydrogen-bond acceptors (Lipinski definition) is 6. The predicted molar refractivity (Wildman–Crippen MR) is 171 cm³/mol. The Kier molecular flexibility index (Phi) is 14.6. The Balaban J connectivity index is 1.49. The molecule has 0 aromatic heterocycles. The van der Waals surface area contributed by atoms with E-state index in [1.54, 1.807) is 72.8 Å². The van der Waals surface area contributed by atoms with Crippen LogP contribution in [-0.2, 0) is 0 Å². The molecule has 0 heterocycles. The van der Waals surface area contributed by atoms with Crippen molar-refractivity contribution in [3.05, 3.63) is 95.1 Å². The lowest BCUT2D eigenvalue weighted by atomic mass is 10.1. The smallest absolute Gasteiger partial charge is 0.255 e. The maximum atomic E-state index is 12.8. The van der Waals surface area contributed by atoms with Crippen LogP contribution in [0.1, 0.15) is 92.8 Å². The van der Waals surface area contributed by atoms with E-state index in [9.17, 15) is 19.2 Å². The Morgan fingerprint density at radius 3 is 1.23 bits per heavy atom. The second kappa shape index (κ2) is 18.9. The maximum absolute atomic E-state index is 12.8. The van der Waals surface area contributed by atoms with Gasteiger partial charge >= 0.3 is 0 Å². The van der Waals surface area contributed by atoms with Crippen molar-refractivity contribution in [3.63, 3.8) is 0 Å². The number of benzene rings is 3. The number of amides is 4. The molecule has 0 unspecified atom stereocenters. The highest BCUT2D eigenvalue weighted by Crippen LogP contribution is 2.16. The summed E-state index contributed by atoms with van der Waals surface area (Å²) in [6.07, 6.45) is 6.87. The minimum Gasteiger partial charge on any atom is -0.396 e. The monoisotopic (exact) mass is 602 g/mol. The molecule has 0 atom stereocenters. The summed E-state index contributed by atoms with van der Waals surface area (Å²) in [5.41, 5.74) is 2.49. The van der Waals surface area contributed by atoms with Crippen LogP contribution in [0.2, 0.25) is 0 Å². The number of rotatable bonds is 18. The third-order valence-electron chi connectivity index (χ3n) is 6.92. The molecule has 0 aliphatic heterocycles. The van der Waals surface area contributed by atoms with Crippen LogP contribution in [0.15, 0.2) is 72.8 Å². The number of carbonyl (C=O) groups is 4. The molecule has 0 aliphatic rings. The topological polar surface area (TPSA) is 157 Å². The average molecular weight is 603 g/mol. The zero-order valence-corrected chi connectivity index (χ0v) is 24.9. The number of aliphatic hydroxyl groups is 2. The summed E-state index contributed by atoms with van der Waals surface area (Å²) in [5.74, 6) is -1.22. The van der Waals surface area contributed by atoms with Crippen molar-refractivity contribution in [1.82, 2.24) is 10.6 Å². The lowest BCUT2D eigenvalue weighted by Crippen LogP contribution is -2.24. The van der Waals surface area contributed by atoms with E-state index in [4.69, 9.17) is 10.2 Å². The van der Waals surface area contributed by atoms with E-state index >= 15 is 0 Å². The van der Waals surface area contributed by atoms with Crippen LogP contribution in [0.3, 0.4) is 0 Å². The summed E-state index contributed by atoms with van der Waals surface area (Å²) in [7, 11) is 0. The molecule has 0 bridgehead atoms. The molecule has 0 fully saturated rings. The minimum atomic E-state index is -0.384. The summed E-state index contributed by atoms with van der Waals surface area (Å²) in [5, 5.41) is 29.0. The van der Waals surface area contributed by atoms with Crippen molar-refractivity contribution >= 4 is 35.0 Å².